The van der Waals surface area contributed by atoms with Gasteiger partial charge in [-0.05, 0) is 85.4 Å². The summed E-state index contributed by atoms with van der Waals surface area (Å²) in [5, 5.41) is 14.3. The highest BCUT2D eigenvalue weighted by Gasteiger charge is 2.37. The molecule has 1 atom stereocenters. The summed E-state index contributed by atoms with van der Waals surface area (Å²) in [4.78, 5) is 36.6. The van der Waals surface area contributed by atoms with Gasteiger partial charge in [0.05, 0.1) is 16.7 Å². The summed E-state index contributed by atoms with van der Waals surface area (Å²) in [5.74, 6) is 14.0. The Balaban J connectivity index is 1.24. The molecule has 1 unspecified atom stereocenters. The van der Waals surface area contributed by atoms with Crippen molar-refractivity contribution in [3.05, 3.63) is 94.8 Å². The molecule has 274 valence electrons. The molecule has 12 nitrogen and oxygen atoms in total. The van der Waals surface area contributed by atoms with E-state index in [9.17, 15) is 9.59 Å². The third-order valence-corrected chi connectivity index (χ3v) is 10.7. The molecule has 1 saturated heterocycles. The van der Waals surface area contributed by atoms with Gasteiger partial charge in [-0.15, -0.1) is 0 Å². The van der Waals surface area contributed by atoms with Crippen LogP contribution in [0.5, 0.6) is 0 Å². The van der Waals surface area contributed by atoms with Crippen molar-refractivity contribution >= 4 is 28.8 Å². The Morgan fingerprint density at radius 2 is 1.81 bits per heavy atom. The number of benzene rings is 3. The number of urea groups is 2. The minimum Gasteiger partial charge on any atom is -0.326 e. The number of unbranched alkanes of at least 4 members (excludes halogenated alkanes) is 1. The standard InChI is InChI=1S/C40H52N10O2/c1-3-11-31-17-16-29(26-30(31)4-2)27-37(38-45-34-13-6-8-15-36(34)48(38)22-10-9-21-44-28-41)50(43)39(51)46-23-19-33(20-24-46)47-25-18-32-12-5-7-14-35(32)49(42)40(47)52/h5-8,12-17,26,33,37,44H,3-4,9-11,18-25,27,42-43H2,1-2H3. The fourth-order valence-corrected chi connectivity index (χ4v) is 7.85. The van der Waals surface area contributed by atoms with E-state index in [4.69, 9.17) is 21.9 Å². The minimum atomic E-state index is -0.534. The average molecular weight is 705 g/mol. The van der Waals surface area contributed by atoms with Crippen LogP contribution < -0.4 is 22.0 Å². The number of piperidine rings is 1. The van der Waals surface area contributed by atoms with Crippen LogP contribution >= 0.6 is 0 Å². The number of rotatable bonds is 13. The molecule has 6 rings (SSSR count). The third-order valence-electron chi connectivity index (χ3n) is 10.7. The molecular weight excluding hydrogens is 653 g/mol. The zero-order valence-electron chi connectivity index (χ0n) is 30.5. The number of nitrogens with one attached hydrogen (secondary N) is 1. The number of anilines is 1. The molecule has 4 aromatic rings. The number of para-hydroxylation sites is 3. The second-order valence-corrected chi connectivity index (χ2v) is 13.9. The van der Waals surface area contributed by atoms with Gasteiger partial charge >= 0.3 is 12.1 Å². The van der Waals surface area contributed by atoms with E-state index in [1.165, 1.54) is 21.1 Å². The highest BCUT2D eigenvalue weighted by atomic mass is 16.2. The lowest BCUT2D eigenvalue weighted by atomic mass is 9.95. The van der Waals surface area contributed by atoms with E-state index in [0.717, 1.165) is 72.2 Å². The monoisotopic (exact) mass is 704 g/mol. The van der Waals surface area contributed by atoms with Crippen molar-refractivity contribution < 1.29 is 9.59 Å². The van der Waals surface area contributed by atoms with Crippen molar-refractivity contribution in [3.8, 4) is 6.19 Å². The molecule has 1 aromatic heterocycles. The topological polar surface area (TPSA) is 153 Å². The first-order chi connectivity index (χ1) is 25.3. The molecule has 52 heavy (non-hydrogen) atoms. The lowest BCUT2D eigenvalue weighted by molar-refractivity contribution is 0.0995. The van der Waals surface area contributed by atoms with Crippen LogP contribution in [0.25, 0.3) is 11.0 Å². The van der Waals surface area contributed by atoms with E-state index in [0.29, 0.717) is 52.0 Å². The fourth-order valence-electron chi connectivity index (χ4n) is 7.85. The zero-order valence-corrected chi connectivity index (χ0v) is 30.5. The number of fused-ring (bicyclic) bond motifs is 2. The van der Waals surface area contributed by atoms with Gasteiger partial charge in [-0.25, -0.2) is 31.3 Å². The average Bonchev–Trinajstić information content (AvgIpc) is 3.48. The number of carbonyl (C=O) groups is 2. The van der Waals surface area contributed by atoms with Gasteiger partial charge in [0, 0.05) is 45.2 Å². The van der Waals surface area contributed by atoms with E-state index >= 15 is 0 Å². The molecule has 5 N–H and O–H groups in total. The Bertz CT molecular complexity index is 1890. The molecule has 0 radical (unpaired) electrons. The number of carbonyl (C=O) groups excluding carboxylic acids is 2. The number of hydrogen-bond acceptors (Lipinski definition) is 7. The Kier molecular flexibility index (Phi) is 11.9. The molecule has 0 aliphatic carbocycles. The summed E-state index contributed by atoms with van der Waals surface area (Å²) >= 11 is 0. The van der Waals surface area contributed by atoms with Crippen molar-refractivity contribution in [3.63, 3.8) is 0 Å². The van der Waals surface area contributed by atoms with Gasteiger partial charge in [0.15, 0.2) is 6.19 Å². The zero-order chi connectivity index (χ0) is 36.6. The van der Waals surface area contributed by atoms with Crippen molar-refractivity contribution in [1.82, 2.24) is 29.7 Å². The molecule has 0 spiro atoms. The number of hydrogen-bond donors (Lipinski definition) is 3. The number of nitrogens with zero attached hydrogens (tertiary/aromatic N) is 7. The van der Waals surface area contributed by atoms with Crippen LogP contribution in [-0.4, -0.2) is 68.6 Å². The Hall–Kier alpha value is -5.12. The van der Waals surface area contributed by atoms with Crippen molar-refractivity contribution in [2.75, 3.05) is 31.2 Å². The first kappa shape index (κ1) is 36.7. The van der Waals surface area contributed by atoms with Crippen LogP contribution in [0.1, 0.15) is 80.1 Å². The molecule has 1 fully saturated rings. The lowest BCUT2D eigenvalue weighted by Gasteiger charge is -2.40. The molecule has 0 saturated carbocycles. The normalized spacial score (nSPS) is 15.7. The lowest BCUT2D eigenvalue weighted by Crippen LogP contribution is -2.56. The fraction of sp³-hybridized carbons (Fsp3) is 0.450. The van der Waals surface area contributed by atoms with Crippen LogP contribution in [0, 0.1) is 11.5 Å². The van der Waals surface area contributed by atoms with Crippen LogP contribution in [0.4, 0.5) is 15.3 Å². The van der Waals surface area contributed by atoms with Crippen LogP contribution in [0.2, 0.25) is 0 Å². The number of imidazole rings is 1. The number of likely N-dealkylation sites (tertiary alicyclic amines) is 1. The minimum absolute atomic E-state index is 0.0345. The molecule has 3 aromatic carbocycles. The second kappa shape index (κ2) is 16.9. The molecule has 2 aliphatic heterocycles. The first-order valence-corrected chi connectivity index (χ1v) is 18.8. The highest BCUT2D eigenvalue weighted by Crippen LogP contribution is 2.31. The molecule has 12 heteroatoms. The van der Waals surface area contributed by atoms with Gasteiger partial charge < -0.3 is 19.7 Å². The number of aromatic nitrogens is 2. The number of nitrogens with two attached hydrogens (primary N) is 2. The first-order valence-electron chi connectivity index (χ1n) is 18.8. The Labute approximate surface area is 306 Å². The van der Waals surface area contributed by atoms with Gasteiger partial charge in [-0.2, -0.15) is 5.26 Å². The second-order valence-electron chi connectivity index (χ2n) is 13.9. The number of amides is 4. The Morgan fingerprint density at radius 1 is 1.04 bits per heavy atom. The number of nitriles is 1. The maximum absolute atomic E-state index is 14.4. The molecule has 4 amide bonds. The highest BCUT2D eigenvalue weighted by molar-refractivity contribution is 5.92. The van der Waals surface area contributed by atoms with Gasteiger partial charge in [0.2, 0.25) is 0 Å². The SMILES string of the molecule is CCCc1ccc(CC(c2nc3ccccc3n2CCCCNC#N)N(N)C(=O)N2CCC(N3CCc4ccccc4N(N)C3=O)CC2)cc1CC. The largest absolute Gasteiger partial charge is 0.339 e. The Morgan fingerprint density at radius 3 is 2.58 bits per heavy atom. The van der Waals surface area contributed by atoms with Crippen LogP contribution in [-0.2, 0) is 32.2 Å². The van der Waals surface area contributed by atoms with Crippen molar-refractivity contribution in [2.24, 2.45) is 11.7 Å². The van der Waals surface area contributed by atoms with Crippen molar-refractivity contribution in [1.29, 1.82) is 5.26 Å². The molecule has 0 bridgehead atoms. The number of hydrazine groups is 2. The molecule has 3 heterocycles. The van der Waals surface area contributed by atoms with Gasteiger partial charge in [0.1, 0.15) is 11.9 Å². The summed E-state index contributed by atoms with van der Waals surface area (Å²) < 4.78 is 2.19. The van der Waals surface area contributed by atoms with E-state index in [2.05, 4.69) is 48.0 Å². The summed E-state index contributed by atoms with van der Waals surface area (Å²) in [5.41, 5.74) is 7.41. The summed E-state index contributed by atoms with van der Waals surface area (Å²) in [6.45, 7) is 7.17. The van der Waals surface area contributed by atoms with E-state index in [1.807, 2.05) is 58.5 Å². The van der Waals surface area contributed by atoms with Crippen molar-refractivity contribution in [2.45, 2.75) is 90.3 Å². The third kappa shape index (κ3) is 7.86. The summed E-state index contributed by atoms with van der Waals surface area (Å²) in [6, 6.07) is 21.4. The predicted octanol–water partition coefficient (Wildman–Crippen LogP) is 5.80. The van der Waals surface area contributed by atoms with Gasteiger partial charge in [0.25, 0.3) is 0 Å². The van der Waals surface area contributed by atoms with Crippen LogP contribution in [0.15, 0.2) is 66.7 Å². The quantitative estimate of drug-likeness (QED) is 0.0397. The smallest absolute Gasteiger partial charge is 0.326 e. The summed E-state index contributed by atoms with van der Waals surface area (Å²) in [6.07, 6.45) is 9.17. The van der Waals surface area contributed by atoms with E-state index < -0.39 is 6.04 Å². The van der Waals surface area contributed by atoms with Gasteiger partial charge in [-0.3, -0.25) is 5.01 Å². The maximum atomic E-state index is 14.4. The maximum Gasteiger partial charge on any atom is 0.339 e. The molecule has 2 aliphatic rings. The van der Waals surface area contributed by atoms with E-state index in [-0.39, 0.29) is 18.1 Å². The van der Waals surface area contributed by atoms with E-state index in [1.54, 1.807) is 0 Å². The van der Waals surface area contributed by atoms with Gasteiger partial charge in [-0.1, -0.05) is 68.8 Å². The number of aryl methyl sites for hydroxylation is 3. The summed E-state index contributed by atoms with van der Waals surface area (Å²) in [7, 11) is 0. The predicted molar refractivity (Wildman–Crippen MR) is 204 cm³/mol. The van der Waals surface area contributed by atoms with Crippen LogP contribution in [0.3, 0.4) is 0 Å². The molecular formula is C40H52N10O2.